The first-order valence-electron chi connectivity index (χ1n) is 5.37. The van der Waals surface area contributed by atoms with Gasteiger partial charge in [-0.25, -0.2) is 4.98 Å². The van der Waals surface area contributed by atoms with Gasteiger partial charge in [-0.05, 0) is 24.6 Å². The molecule has 1 aromatic heterocycles. The lowest BCUT2D eigenvalue weighted by atomic mass is 10.2. The molecule has 0 saturated heterocycles. The van der Waals surface area contributed by atoms with Gasteiger partial charge in [0.2, 0.25) is 5.95 Å². The molecule has 0 atom stereocenters. The Kier molecular flexibility index (Phi) is 3.64. The fourth-order valence-electron chi connectivity index (χ4n) is 1.65. The predicted octanol–water partition coefficient (Wildman–Crippen LogP) is 3.54. The van der Waals surface area contributed by atoms with Crippen molar-refractivity contribution in [3.8, 4) is 5.69 Å². The topological polar surface area (TPSA) is 29.9 Å². The van der Waals surface area contributed by atoms with Crippen molar-refractivity contribution < 1.29 is 0 Å². The maximum Gasteiger partial charge on any atom is 0.207 e. The molecule has 0 aliphatic heterocycles. The minimum absolute atomic E-state index is 0.698. The Morgan fingerprint density at radius 1 is 1.53 bits per heavy atom. The van der Waals surface area contributed by atoms with E-state index in [1.165, 1.54) is 5.56 Å². The number of hydrogen-bond donors (Lipinski definition) is 1. The van der Waals surface area contributed by atoms with Crippen molar-refractivity contribution in [3.05, 3.63) is 53.3 Å². The van der Waals surface area contributed by atoms with Crippen LogP contribution in [0.25, 0.3) is 5.69 Å². The molecule has 0 aliphatic rings. The highest BCUT2D eigenvalue weighted by atomic mass is 79.9. The van der Waals surface area contributed by atoms with E-state index in [0.29, 0.717) is 6.54 Å². The number of anilines is 1. The summed E-state index contributed by atoms with van der Waals surface area (Å²) in [5, 5.41) is 3.21. The molecule has 0 spiro atoms. The van der Waals surface area contributed by atoms with Crippen LogP contribution in [0.4, 0.5) is 5.95 Å². The molecule has 0 unspecified atom stereocenters. The normalized spacial score (nSPS) is 10.2. The summed E-state index contributed by atoms with van der Waals surface area (Å²) in [6.07, 6.45) is 5.54. The van der Waals surface area contributed by atoms with E-state index in [1.807, 2.05) is 29.0 Å². The van der Waals surface area contributed by atoms with Crippen molar-refractivity contribution in [1.82, 2.24) is 9.55 Å². The largest absolute Gasteiger partial charge is 0.352 e. The molecule has 3 nitrogen and oxygen atoms in total. The smallest absolute Gasteiger partial charge is 0.207 e. The maximum atomic E-state index is 4.29. The fourth-order valence-corrected chi connectivity index (χ4v) is 2.00. The molecule has 2 rings (SSSR count). The summed E-state index contributed by atoms with van der Waals surface area (Å²) >= 11 is 3.54. The molecule has 0 aliphatic carbocycles. The van der Waals surface area contributed by atoms with Crippen LogP contribution < -0.4 is 5.32 Å². The average molecular weight is 292 g/mol. The molecule has 1 aromatic carbocycles. The van der Waals surface area contributed by atoms with Gasteiger partial charge in [0.1, 0.15) is 0 Å². The summed E-state index contributed by atoms with van der Waals surface area (Å²) in [7, 11) is 0. The summed E-state index contributed by atoms with van der Waals surface area (Å²) in [6.45, 7) is 6.47. The Morgan fingerprint density at radius 3 is 3.12 bits per heavy atom. The zero-order valence-corrected chi connectivity index (χ0v) is 11.2. The van der Waals surface area contributed by atoms with Crippen molar-refractivity contribution in [2.24, 2.45) is 0 Å². The first kappa shape index (κ1) is 11.9. The molecule has 0 saturated carbocycles. The number of aromatic nitrogens is 2. The van der Waals surface area contributed by atoms with Gasteiger partial charge < -0.3 is 5.32 Å². The predicted molar refractivity (Wildman–Crippen MR) is 74.7 cm³/mol. The van der Waals surface area contributed by atoms with Crippen LogP contribution in [0.1, 0.15) is 5.56 Å². The molecule has 0 fully saturated rings. The minimum atomic E-state index is 0.698. The van der Waals surface area contributed by atoms with Gasteiger partial charge in [-0.15, -0.1) is 6.58 Å². The Labute approximate surface area is 109 Å². The molecule has 1 heterocycles. The third kappa shape index (κ3) is 2.42. The third-order valence-corrected chi connectivity index (χ3v) is 3.40. The maximum absolute atomic E-state index is 4.29. The first-order chi connectivity index (χ1) is 8.24. The highest BCUT2D eigenvalue weighted by Crippen LogP contribution is 2.24. The van der Waals surface area contributed by atoms with Crippen molar-refractivity contribution in [1.29, 1.82) is 0 Å². The molecular weight excluding hydrogens is 278 g/mol. The van der Waals surface area contributed by atoms with Crippen LogP contribution in [-0.4, -0.2) is 16.1 Å². The van der Waals surface area contributed by atoms with Crippen LogP contribution in [0.3, 0.4) is 0 Å². The van der Waals surface area contributed by atoms with Crippen molar-refractivity contribution in [2.75, 3.05) is 11.9 Å². The number of nitrogens with one attached hydrogen (secondary N) is 1. The van der Waals surface area contributed by atoms with Crippen molar-refractivity contribution in [2.45, 2.75) is 6.92 Å². The standard InChI is InChI=1S/C13H14BrN3/c1-3-7-15-13-16-8-9-17(13)12-6-4-5-11(14)10(12)2/h3-6,8-9H,1,7H2,2H3,(H,15,16). The molecule has 1 N–H and O–H groups in total. The molecule has 0 radical (unpaired) electrons. The SMILES string of the molecule is C=CCNc1nccn1-c1cccc(Br)c1C. The summed E-state index contributed by atoms with van der Waals surface area (Å²) in [6, 6.07) is 6.12. The number of imidazole rings is 1. The lowest BCUT2D eigenvalue weighted by molar-refractivity contribution is 1.02. The number of benzene rings is 1. The van der Waals surface area contributed by atoms with Gasteiger partial charge in [0.05, 0.1) is 5.69 Å². The lowest BCUT2D eigenvalue weighted by Crippen LogP contribution is -2.06. The van der Waals surface area contributed by atoms with Gasteiger partial charge in [-0.2, -0.15) is 0 Å². The van der Waals surface area contributed by atoms with Crippen LogP contribution in [-0.2, 0) is 0 Å². The summed E-state index contributed by atoms with van der Waals surface area (Å²) in [4.78, 5) is 4.29. The van der Waals surface area contributed by atoms with E-state index in [4.69, 9.17) is 0 Å². The lowest BCUT2D eigenvalue weighted by Gasteiger charge is -2.12. The number of hydrogen-bond acceptors (Lipinski definition) is 2. The van der Waals surface area contributed by atoms with Gasteiger partial charge in [-0.1, -0.05) is 28.1 Å². The van der Waals surface area contributed by atoms with Crippen LogP contribution in [0.15, 0.2) is 47.7 Å². The van der Waals surface area contributed by atoms with E-state index in [-0.39, 0.29) is 0 Å². The zero-order valence-electron chi connectivity index (χ0n) is 9.65. The average Bonchev–Trinajstić information content (AvgIpc) is 2.78. The summed E-state index contributed by atoms with van der Waals surface area (Å²) in [5.41, 5.74) is 2.30. The van der Waals surface area contributed by atoms with Gasteiger partial charge >= 0.3 is 0 Å². The van der Waals surface area contributed by atoms with Crippen molar-refractivity contribution >= 4 is 21.9 Å². The van der Waals surface area contributed by atoms with Gasteiger partial charge in [0.15, 0.2) is 0 Å². The van der Waals surface area contributed by atoms with E-state index in [2.05, 4.69) is 45.8 Å². The molecular formula is C13H14BrN3. The van der Waals surface area contributed by atoms with E-state index in [0.717, 1.165) is 16.1 Å². The Hall–Kier alpha value is -1.55. The number of nitrogens with zero attached hydrogens (tertiary/aromatic N) is 2. The highest BCUT2D eigenvalue weighted by Gasteiger charge is 2.07. The number of rotatable bonds is 4. The molecule has 0 amide bonds. The molecule has 88 valence electrons. The first-order valence-corrected chi connectivity index (χ1v) is 6.17. The second-order valence-corrected chi connectivity index (χ2v) is 4.53. The van der Waals surface area contributed by atoms with Gasteiger partial charge in [0.25, 0.3) is 0 Å². The second kappa shape index (κ2) is 5.19. The van der Waals surface area contributed by atoms with E-state index in [1.54, 1.807) is 6.20 Å². The minimum Gasteiger partial charge on any atom is -0.352 e. The van der Waals surface area contributed by atoms with E-state index >= 15 is 0 Å². The monoisotopic (exact) mass is 291 g/mol. The summed E-state index contributed by atoms with van der Waals surface area (Å²) in [5.74, 6) is 0.825. The van der Waals surface area contributed by atoms with Crippen LogP contribution in [0, 0.1) is 6.92 Å². The summed E-state index contributed by atoms with van der Waals surface area (Å²) < 4.78 is 3.13. The Balaban J connectivity index is 2.42. The highest BCUT2D eigenvalue weighted by molar-refractivity contribution is 9.10. The third-order valence-electron chi connectivity index (χ3n) is 2.54. The zero-order chi connectivity index (χ0) is 12.3. The Morgan fingerprint density at radius 2 is 2.35 bits per heavy atom. The van der Waals surface area contributed by atoms with E-state index < -0.39 is 0 Å². The number of halogens is 1. The van der Waals surface area contributed by atoms with Crippen LogP contribution in [0.2, 0.25) is 0 Å². The van der Waals surface area contributed by atoms with Crippen LogP contribution in [0.5, 0.6) is 0 Å². The Bertz CT molecular complexity index is 531. The molecule has 0 bridgehead atoms. The van der Waals surface area contributed by atoms with E-state index in [9.17, 15) is 0 Å². The quantitative estimate of drug-likeness (QED) is 0.873. The molecule has 17 heavy (non-hydrogen) atoms. The van der Waals surface area contributed by atoms with Gasteiger partial charge in [-0.3, -0.25) is 4.57 Å². The second-order valence-electron chi connectivity index (χ2n) is 3.67. The molecule has 2 aromatic rings. The van der Waals surface area contributed by atoms with Gasteiger partial charge in [0, 0.05) is 23.4 Å². The fraction of sp³-hybridized carbons (Fsp3) is 0.154. The van der Waals surface area contributed by atoms with Crippen molar-refractivity contribution in [3.63, 3.8) is 0 Å². The molecule has 4 heteroatoms. The van der Waals surface area contributed by atoms with Crippen LogP contribution >= 0.6 is 15.9 Å².